The predicted molar refractivity (Wildman–Crippen MR) is 90.3 cm³/mol. The first-order valence-electron chi connectivity index (χ1n) is 8.17. The van der Waals surface area contributed by atoms with Crippen LogP contribution in [0.1, 0.15) is 68.8 Å². The third kappa shape index (κ3) is 6.33. The summed E-state index contributed by atoms with van der Waals surface area (Å²) in [4.78, 5) is 11.5. The fraction of sp³-hybridized carbons (Fsp3) is 0.526. The Morgan fingerprint density at radius 1 is 1.27 bits per heavy atom. The van der Waals surface area contributed by atoms with E-state index in [-0.39, 0.29) is 12.1 Å². The number of allylic oxidation sites excluding steroid dienone is 1. The Kier molecular flexibility index (Phi) is 8.34. The topological polar surface area (TPSA) is 35.5 Å². The summed E-state index contributed by atoms with van der Waals surface area (Å²) >= 11 is 0. The van der Waals surface area contributed by atoms with Crippen LogP contribution in [0, 0.1) is 6.92 Å². The molecule has 1 atom stereocenters. The lowest BCUT2D eigenvalue weighted by molar-refractivity contribution is -0.0366. The molecule has 1 aromatic rings. The maximum absolute atomic E-state index is 11.5. The second-order valence-corrected chi connectivity index (χ2v) is 5.49. The van der Waals surface area contributed by atoms with Crippen molar-refractivity contribution in [2.24, 2.45) is 0 Å². The Labute approximate surface area is 134 Å². The lowest BCUT2D eigenvalue weighted by Gasteiger charge is -2.19. The van der Waals surface area contributed by atoms with Crippen LogP contribution in [0.2, 0.25) is 0 Å². The number of hydrogen-bond acceptors (Lipinski definition) is 3. The second-order valence-electron chi connectivity index (χ2n) is 5.49. The average Bonchev–Trinajstić information content (AvgIpc) is 2.47. The van der Waals surface area contributed by atoms with E-state index in [4.69, 9.17) is 9.47 Å². The van der Waals surface area contributed by atoms with Crippen molar-refractivity contribution in [1.82, 2.24) is 0 Å². The normalized spacial score (nSPS) is 12.4. The highest BCUT2D eigenvalue weighted by molar-refractivity contribution is 5.95. The number of carbonyl (C=O) groups excluding carboxylic acids is 1. The van der Waals surface area contributed by atoms with Crippen LogP contribution < -0.4 is 4.74 Å². The van der Waals surface area contributed by atoms with Gasteiger partial charge in [-0.15, -0.1) is 0 Å². The van der Waals surface area contributed by atoms with Crippen LogP contribution in [-0.4, -0.2) is 12.1 Å². The number of ketones is 1. The summed E-state index contributed by atoms with van der Waals surface area (Å²) < 4.78 is 11.6. The minimum atomic E-state index is -0.281. The van der Waals surface area contributed by atoms with Crippen LogP contribution in [0.25, 0.3) is 0 Å². The maximum Gasteiger partial charge on any atom is 0.240 e. The van der Waals surface area contributed by atoms with Gasteiger partial charge in [-0.2, -0.15) is 0 Å². The van der Waals surface area contributed by atoms with Crippen molar-refractivity contribution in [2.45, 2.75) is 66.1 Å². The van der Waals surface area contributed by atoms with Gasteiger partial charge in [0.25, 0.3) is 0 Å². The van der Waals surface area contributed by atoms with Crippen molar-refractivity contribution in [2.75, 3.05) is 0 Å². The van der Waals surface area contributed by atoms with E-state index < -0.39 is 0 Å². The first-order valence-corrected chi connectivity index (χ1v) is 8.17. The van der Waals surface area contributed by atoms with Crippen LogP contribution >= 0.6 is 0 Å². The van der Waals surface area contributed by atoms with Gasteiger partial charge in [-0.3, -0.25) is 4.79 Å². The highest BCUT2D eigenvalue weighted by Gasteiger charge is 2.12. The highest BCUT2D eigenvalue weighted by atomic mass is 16.7. The standard InChI is InChI=1S/C19H28O3/c1-5-7-9-10-19(21-13-8-6-2)22-17-11-12-18(16(4)20)15(3)14-17/h8,11-14,19H,5-7,9-10H2,1-4H3/b13-8-. The zero-order valence-electron chi connectivity index (χ0n) is 14.2. The lowest BCUT2D eigenvalue weighted by Crippen LogP contribution is -2.18. The summed E-state index contributed by atoms with van der Waals surface area (Å²) in [5, 5.41) is 0. The van der Waals surface area contributed by atoms with E-state index in [0.29, 0.717) is 0 Å². The molecule has 0 bridgehead atoms. The molecule has 0 fully saturated rings. The van der Waals surface area contributed by atoms with Gasteiger partial charge in [-0.25, -0.2) is 0 Å². The molecule has 0 saturated heterocycles. The summed E-state index contributed by atoms with van der Waals surface area (Å²) in [5.74, 6) is 0.819. The van der Waals surface area contributed by atoms with Gasteiger partial charge in [0.1, 0.15) is 5.75 Å². The molecule has 3 nitrogen and oxygen atoms in total. The van der Waals surface area contributed by atoms with Crippen LogP contribution in [0.15, 0.2) is 30.5 Å². The first kappa shape index (κ1) is 18.3. The third-order valence-electron chi connectivity index (χ3n) is 3.45. The quantitative estimate of drug-likeness (QED) is 0.250. The van der Waals surface area contributed by atoms with Gasteiger partial charge in [-0.1, -0.05) is 26.7 Å². The minimum absolute atomic E-state index is 0.0747. The maximum atomic E-state index is 11.5. The molecule has 1 rings (SSSR count). The fourth-order valence-corrected chi connectivity index (χ4v) is 2.21. The molecule has 22 heavy (non-hydrogen) atoms. The molecule has 3 heteroatoms. The van der Waals surface area contributed by atoms with Gasteiger partial charge in [-0.05, 0) is 56.5 Å². The predicted octanol–water partition coefficient (Wildman–Crippen LogP) is 5.42. The Balaban J connectivity index is 2.72. The molecule has 0 N–H and O–H groups in total. The molecule has 122 valence electrons. The molecule has 0 radical (unpaired) electrons. The van der Waals surface area contributed by atoms with Gasteiger partial charge in [0.15, 0.2) is 5.78 Å². The van der Waals surface area contributed by atoms with E-state index in [1.165, 1.54) is 12.8 Å². The lowest BCUT2D eigenvalue weighted by atomic mass is 10.1. The summed E-state index contributed by atoms with van der Waals surface area (Å²) in [6, 6.07) is 5.55. The molecule has 1 aromatic carbocycles. The van der Waals surface area contributed by atoms with E-state index in [2.05, 4.69) is 13.8 Å². The number of Topliss-reactive ketones (excluding diaryl/α,β-unsaturated/α-hetero) is 1. The van der Waals surface area contributed by atoms with E-state index in [1.54, 1.807) is 13.2 Å². The number of carbonyl (C=O) groups is 1. The largest absolute Gasteiger partial charge is 0.463 e. The summed E-state index contributed by atoms with van der Waals surface area (Å²) in [7, 11) is 0. The highest BCUT2D eigenvalue weighted by Crippen LogP contribution is 2.21. The van der Waals surface area contributed by atoms with Crippen molar-refractivity contribution >= 4 is 5.78 Å². The van der Waals surface area contributed by atoms with Crippen molar-refractivity contribution < 1.29 is 14.3 Å². The molecule has 0 spiro atoms. The molecule has 0 aliphatic rings. The number of hydrogen-bond donors (Lipinski definition) is 0. The smallest absolute Gasteiger partial charge is 0.240 e. The second kappa shape index (κ2) is 10.0. The number of unbranched alkanes of at least 4 members (excludes halogenated alkanes) is 2. The SMILES string of the molecule is CC/C=C\OC(CCCCC)Oc1ccc(C(C)=O)c(C)c1. The van der Waals surface area contributed by atoms with Gasteiger partial charge < -0.3 is 9.47 Å². The van der Waals surface area contributed by atoms with E-state index in [9.17, 15) is 4.79 Å². The van der Waals surface area contributed by atoms with E-state index >= 15 is 0 Å². The van der Waals surface area contributed by atoms with Gasteiger partial charge in [0, 0.05) is 12.0 Å². The zero-order valence-corrected chi connectivity index (χ0v) is 14.2. The molecule has 1 unspecified atom stereocenters. The van der Waals surface area contributed by atoms with Crippen LogP contribution in [0.5, 0.6) is 5.75 Å². The van der Waals surface area contributed by atoms with Crippen LogP contribution in [-0.2, 0) is 4.74 Å². The Morgan fingerprint density at radius 2 is 2.05 bits per heavy atom. The van der Waals surface area contributed by atoms with Gasteiger partial charge in [0.2, 0.25) is 6.29 Å². The third-order valence-corrected chi connectivity index (χ3v) is 3.45. The number of aryl methyl sites for hydroxylation is 1. The van der Waals surface area contributed by atoms with Gasteiger partial charge in [0.05, 0.1) is 6.26 Å². The van der Waals surface area contributed by atoms with Crippen molar-refractivity contribution in [1.29, 1.82) is 0 Å². The molecule has 0 aromatic heterocycles. The average molecular weight is 304 g/mol. The number of benzene rings is 1. The summed E-state index contributed by atoms with van der Waals surface area (Å²) in [5.41, 5.74) is 1.67. The molecule has 0 aliphatic carbocycles. The van der Waals surface area contributed by atoms with Crippen molar-refractivity contribution in [3.8, 4) is 5.75 Å². The first-order chi connectivity index (χ1) is 10.6. The molecule has 0 saturated carbocycles. The fourth-order valence-electron chi connectivity index (χ4n) is 2.21. The van der Waals surface area contributed by atoms with Gasteiger partial charge >= 0.3 is 0 Å². The minimum Gasteiger partial charge on any atom is -0.463 e. The van der Waals surface area contributed by atoms with E-state index in [1.807, 2.05) is 31.2 Å². The van der Waals surface area contributed by atoms with Crippen LogP contribution in [0.4, 0.5) is 0 Å². The van der Waals surface area contributed by atoms with Crippen LogP contribution in [0.3, 0.4) is 0 Å². The molecule has 0 aliphatic heterocycles. The summed E-state index contributed by atoms with van der Waals surface area (Å²) in [6.07, 6.45) is 8.62. The zero-order chi connectivity index (χ0) is 16.4. The molecule has 0 heterocycles. The Morgan fingerprint density at radius 3 is 2.64 bits per heavy atom. The number of rotatable bonds is 10. The monoisotopic (exact) mass is 304 g/mol. The molecular weight excluding hydrogens is 276 g/mol. The van der Waals surface area contributed by atoms with E-state index in [0.717, 1.165) is 36.1 Å². The Hall–Kier alpha value is -1.77. The summed E-state index contributed by atoms with van der Waals surface area (Å²) in [6.45, 7) is 7.75. The molecular formula is C19H28O3. The van der Waals surface area contributed by atoms with Crippen molar-refractivity contribution in [3.05, 3.63) is 41.7 Å². The van der Waals surface area contributed by atoms with Crippen molar-refractivity contribution in [3.63, 3.8) is 0 Å². The molecule has 0 amide bonds. The Bertz CT molecular complexity index is 491. The number of ether oxygens (including phenoxy) is 2.